The number of thiazole rings is 1. The summed E-state index contributed by atoms with van der Waals surface area (Å²) in [6.07, 6.45) is 3.03. The predicted molar refractivity (Wildman–Crippen MR) is 77.8 cm³/mol. The van der Waals surface area contributed by atoms with E-state index in [1.165, 1.54) is 17.7 Å². The molecule has 1 N–H and O–H groups in total. The molecule has 7 heteroatoms. The van der Waals surface area contributed by atoms with Crippen LogP contribution in [0.3, 0.4) is 0 Å². The highest BCUT2D eigenvalue weighted by atomic mass is 32.1. The minimum Gasteiger partial charge on any atom is -0.342 e. The molecule has 20 heavy (non-hydrogen) atoms. The molecule has 0 atom stereocenters. The Balaban J connectivity index is 1.73. The van der Waals surface area contributed by atoms with E-state index in [-0.39, 0.29) is 0 Å². The van der Waals surface area contributed by atoms with Crippen LogP contribution in [0.1, 0.15) is 11.3 Å². The summed E-state index contributed by atoms with van der Waals surface area (Å²) in [6.45, 7) is 1.94. The van der Waals surface area contributed by atoms with E-state index < -0.39 is 0 Å². The summed E-state index contributed by atoms with van der Waals surface area (Å²) in [5, 5.41) is 10.7. The summed E-state index contributed by atoms with van der Waals surface area (Å²) >= 11 is 1.52. The lowest BCUT2D eigenvalue weighted by Crippen LogP contribution is -1.91. The molecule has 0 radical (unpaired) electrons. The quantitative estimate of drug-likeness (QED) is 0.589. The Labute approximate surface area is 119 Å². The molecule has 1 aromatic carbocycles. The third-order valence-electron chi connectivity index (χ3n) is 2.50. The normalized spacial score (nSPS) is 11.1. The molecule has 0 fully saturated rings. The molecule has 2 aromatic heterocycles. The zero-order chi connectivity index (χ0) is 13.8. The Kier molecular flexibility index (Phi) is 3.51. The third kappa shape index (κ3) is 2.89. The van der Waals surface area contributed by atoms with Crippen molar-refractivity contribution >= 4 is 22.7 Å². The van der Waals surface area contributed by atoms with Crippen LogP contribution in [-0.2, 0) is 0 Å². The molecule has 0 aliphatic carbocycles. The maximum Gasteiger partial charge on any atom is 0.214 e. The number of rotatable bonds is 4. The zero-order valence-electron chi connectivity index (χ0n) is 10.6. The van der Waals surface area contributed by atoms with E-state index in [1.807, 2.05) is 36.6 Å². The fraction of sp³-hybridized carbons (Fsp3) is 0.0769. The van der Waals surface area contributed by atoms with Crippen molar-refractivity contribution in [2.24, 2.45) is 5.10 Å². The highest BCUT2D eigenvalue weighted by Gasteiger charge is 2.02. The topological polar surface area (TPSA) is 76.2 Å². The average Bonchev–Trinajstić information content (AvgIpc) is 3.11. The molecule has 100 valence electrons. The lowest BCUT2D eigenvalue weighted by molar-refractivity contribution is 0.419. The molecular weight excluding hydrogens is 274 g/mol. The lowest BCUT2D eigenvalue weighted by Gasteiger charge is -1.97. The molecular formula is C13H11N5OS. The highest BCUT2D eigenvalue weighted by Crippen LogP contribution is 2.16. The maximum atomic E-state index is 4.74. The van der Waals surface area contributed by atoms with Crippen LogP contribution < -0.4 is 5.43 Å². The van der Waals surface area contributed by atoms with E-state index in [9.17, 15) is 0 Å². The summed E-state index contributed by atoms with van der Waals surface area (Å²) in [7, 11) is 0. The van der Waals surface area contributed by atoms with E-state index in [1.54, 1.807) is 6.21 Å². The number of aromatic nitrogens is 3. The van der Waals surface area contributed by atoms with Crippen molar-refractivity contribution < 1.29 is 4.52 Å². The largest absolute Gasteiger partial charge is 0.342 e. The van der Waals surface area contributed by atoms with E-state index in [2.05, 4.69) is 25.7 Å². The van der Waals surface area contributed by atoms with Crippen LogP contribution in [0.5, 0.6) is 0 Å². The molecule has 0 amide bonds. The molecule has 0 spiro atoms. The minimum atomic E-state index is 0.559. The van der Waals surface area contributed by atoms with Gasteiger partial charge >= 0.3 is 0 Å². The monoisotopic (exact) mass is 285 g/mol. The van der Waals surface area contributed by atoms with Crippen LogP contribution in [-0.4, -0.2) is 21.3 Å². The Bertz CT molecular complexity index is 720. The minimum absolute atomic E-state index is 0.559. The van der Waals surface area contributed by atoms with Crippen molar-refractivity contribution in [3.63, 3.8) is 0 Å². The van der Waals surface area contributed by atoms with Gasteiger partial charge in [0.05, 0.1) is 11.9 Å². The first-order valence-electron chi connectivity index (χ1n) is 5.89. The fourth-order valence-electron chi connectivity index (χ4n) is 1.62. The van der Waals surface area contributed by atoms with Gasteiger partial charge < -0.3 is 4.52 Å². The zero-order valence-corrected chi connectivity index (χ0v) is 11.5. The van der Waals surface area contributed by atoms with Gasteiger partial charge in [0.2, 0.25) is 17.3 Å². The van der Waals surface area contributed by atoms with E-state index >= 15 is 0 Å². The van der Waals surface area contributed by atoms with Gasteiger partial charge in [-0.15, -0.1) is 11.3 Å². The van der Waals surface area contributed by atoms with Gasteiger partial charge in [-0.25, -0.2) is 4.98 Å². The third-order valence-corrected chi connectivity index (χ3v) is 3.36. The average molecular weight is 285 g/mol. The molecule has 3 rings (SSSR count). The lowest BCUT2D eigenvalue weighted by atomic mass is 10.1. The Hall–Kier alpha value is -2.54. The second-order valence-electron chi connectivity index (χ2n) is 4.04. The maximum absolute atomic E-state index is 4.74. The van der Waals surface area contributed by atoms with Gasteiger partial charge in [-0.1, -0.05) is 23.4 Å². The predicted octanol–water partition coefficient (Wildman–Crippen LogP) is 2.95. The van der Waals surface area contributed by atoms with Gasteiger partial charge in [-0.2, -0.15) is 10.1 Å². The number of hydrazone groups is 1. The van der Waals surface area contributed by atoms with Crippen molar-refractivity contribution in [1.29, 1.82) is 0 Å². The van der Waals surface area contributed by atoms with E-state index in [4.69, 9.17) is 4.52 Å². The molecule has 0 aliphatic rings. The molecule has 0 saturated carbocycles. The smallest absolute Gasteiger partial charge is 0.214 e. The summed E-state index contributed by atoms with van der Waals surface area (Å²) in [4.78, 5) is 8.27. The van der Waals surface area contributed by atoms with Crippen LogP contribution in [0.15, 0.2) is 45.7 Å². The Morgan fingerprint density at radius 3 is 3.10 bits per heavy atom. The van der Waals surface area contributed by atoms with E-state index in [0.29, 0.717) is 5.82 Å². The molecule has 0 saturated heterocycles. The second-order valence-corrected chi connectivity index (χ2v) is 4.90. The van der Waals surface area contributed by atoms with Crippen LogP contribution in [0.2, 0.25) is 0 Å². The van der Waals surface area contributed by atoms with Gasteiger partial charge in [-0.3, -0.25) is 5.43 Å². The number of aryl methyl sites for hydroxylation is 1. The Morgan fingerprint density at radius 1 is 1.40 bits per heavy atom. The van der Waals surface area contributed by atoms with Gasteiger partial charge in [-0.05, 0) is 18.6 Å². The molecule has 2 heterocycles. The van der Waals surface area contributed by atoms with Crippen molar-refractivity contribution in [1.82, 2.24) is 15.1 Å². The first-order valence-corrected chi connectivity index (χ1v) is 6.77. The van der Waals surface area contributed by atoms with Crippen molar-refractivity contribution in [2.75, 3.05) is 5.43 Å². The number of hydrogen-bond donors (Lipinski definition) is 1. The van der Waals surface area contributed by atoms with Gasteiger partial charge in [0.15, 0.2) is 0 Å². The molecule has 0 unspecified atom stereocenters. The number of nitrogens with zero attached hydrogens (tertiary/aromatic N) is 4. The fourth-order valence-corrected chi connectivity index (χ4v) is 2.26. The number of anilines is 1. The van der Waals surface area contributed by atoms with Crippen molar-refractivity contribution in [3.8, 4) is 11.4 Å². The summed E-state index contributed by atoms with van der Waals surface area (Å²) in [6, 6.07) is 7.71. The molecule has 3 aromatic rings. The molecule has 0 bridgehead atoms. The van der Waals surface area contributed by atoms with Gasteiger partial charge in [0, 0.05) is 10.9 Å². The number of benzene rings is 1. The van der Waals surface area contributed by atoms with Crippen LogP contribution in [0.4, 0.5) is 5.13 Å². The SMILES string of the molecule is Cc1csc(NN=Cc2cccc(-c3ncon3)c2)n1. The standard InChI is InChI=1S/C13H11N5OS/c1-9-7-20-13(16-9)17-15-6-10-3-2-4-11(5-10)12-14-8-19-18-12/h2-8H,1H3,(H,16,17). The summed E-state index contributed by atoms with van der Waals surface area (Å²) < 4.78 is 4.74. The molecule has 6 nitrogen and oxygen atoms in total. The van der Waals surface area contributed by atoms with E-state index in [0.717, 1.165) is 22.0 Å². The van der Waals surface area contributed by atoms with Crippen LogP contribution in [0.25, 0.3) is 11.4 Å². The van der Waals surface area contributed by atoms with Crippen molar-refractivity contribution in [2.45, 2.75) is 6.92 Å². The van der Waals surface area contributed by atoms with Gasteiger partial charge in [0.1, 0.15) is 0 Å². The number of nitrogens with one attached hydrogen (secondary N) is 1. The second kappa shape index (κ2) is 5.62. The first kappa shape index (κ1) is 12.5. The van der Waals surface area contributed by atoms with Crippen LogP contribution >= 0.6 is 11.3 Å². The summed E-state index contributed by atoms with van der Waals surface area (Å²) in [5.41, 5.74) is 5.69. The number of hydrogen-bond acceptors (Lipinski definition) is 7. The molecule has 0 aliphatic heterocycles. The van der Waals surface area contributed by atoms with Crippen LogP contribution in [0, 0.1) is 6.92 Å². The van der Waals surface area contributed by atoms with Crippen molar-refractivity contribution in [3.05, 3.63) is 47.3 Å². The van der Waals surface area contributed by atoms with Gasteiger partial charge in [0.25, 0.3) is 0 Å². The Morgan fingerprint density at radius 2 is 2.35 bits per heavy atom. The summed E-state index contributed by atoms with van der Waals surface area (Å²) in [5.74, 6) is 0.559. The first-order chi connectivity index (χ1) is 9.81. The highest BCUT2D eigenvalue weighted by molar-refractivity contribution is 7.13.